The number of carboxylic acid groups (broad SMARTS) is 1. The number of carbonyl (C=O) groups is 2. The number of nitrogens with zero attached hydrogens (tertiary/aromatic N) is 2. The zero-order chi connectivity index (χ0) is 19.4. The van der Waals surface area contributed by atoms with Gasteiger partial charge in [0, 0.05) is 18.6 Å². The average molecular weight is 374 g/mol. The lowest BCUT2D eigenvalue weighted by atomic mass is 9.85. The van der Waals surface area contributed by atoms with Gasteiger partial charge >= 0.3 is 12.0 Å². The van der Waals surface area contributed by atoms with Gasteiger partial charge in [0.1, 0.15) is 0 Å². The molecule has 2 amide bonds. The minimum atomic E-state index is -0.802. The summed E-state index contributed by atoms with van der Waals surface area (Å²) >= 11 is 0. The van der Waals surface area contributed by atoms with Crippen LogP contribution in [-0.2, 0) is 4.79 Å². The molecule has 0 radical (unpaired) electrons. The van der Waals surface area contributed by atoms with Crippen LogP contribution in [0.5, 0.6) is 0 Å². The highest BCUT2D eigenvalue weighted by Gasteiger charge is 2.37. The summed E-state index contributed by atoms with van der Waals surface area (Å²) in [6, 6.07) is 10.8. The Morgan fingerprint density at radius 1 is 1.22 bits per heavy atom. The highest BCUT2D eigenvalue weighted by Crippen LogP contribution is 2.31. The minimum absolute atomic E-state index is 0.0627. The van der Waals surface area contributed by atoms with Crippen LogP contribution in [-0.4, -0.2) is 71.7 Å². The van der Waals surface area contributed by atoms with Crippen LogP contribution in [0, 0.1) is 0 Å². The summed E-state index contributed by atoms with van der Waals surface area (Å²) in [4.78, 5) is 27.6. The van der Waals surface area contributed by atoms with E-state index in [1.807, 2.05) is 30.0 Å². The Labute approximate surface area is 160 Å². The number of amides is 2. The third kappa shape index (κ3) is 4.78. The number of carboxylic acids is 1. The van der Waals surface area contributed by atoms with Crippen molar-refractivity contribution in [3.05, 3.63) is 35.9 Å². The molecule has 27 heavy (non-hydrogen) atoms. The van der Waals surface area contributed by atoms with Gasteiger partial charge in [-0.05, 0) is 38.4 Å². The van der Waals surface area contributed by atoms with E-state index >= 15 is 0 Å². The molecule has 3 rings (SSSR count). The molecule has 7 heteroatoms. The van der Waals surface area contributed by atoms with Crippen LogP contribution in [0.2, 0.25) is 0 Å². The molecule has 1 saturated heterocycles. The number of rotatable bonds is 7. The van der Waals surface area contributed by atoms with Gasteiger partial charge in [-0.3, -0.25) is 14.6 Å². The molecule has 148 valence electrons. The van der Waals surface area contributed by atoms with Crippen molar-refractivity contribution >= 4 is 12.0 Å². The van der Waals surface area contributed by atoms with E-state index in [-0.39, 0.29) is 36.7 Å². The van der Waals surface area contributed by atoms with Gasteiger partial charge in [0.2, 0.25) is 0 Å². The largest absolute Gasteiger partial charge is 0.480 e. The first kappa shape index (κ1) is 19.6. The number of benzene rings is 1. The number of urea groups is 1. The Morgan fingerprint density at radius 3 is 2.56 bits per heavy atom. The number of hydrogen-bond acceptors (Lipinski definition) is 4. The fourth-order valence-electron chi connectivity index (χ4n) is 4.31. The summed E-state index contributed by atoms with van der Waals surface area (Å²) in [7, 11) is 2.09. The molecule has 1 saturated carbocycles. The van der Waals surface area contributed by atoms with Crippen molar-refractivity contribution in [2.75, 3.05) is 26.7 Å². The maximum absolute atomic E-state index is 12.5. The van der Waals surface area contributed by atoms with Crippen LogP contribution >= 0.6 is 0 Å². The molecular weight excluding hydrogens is 344 g/mol. The molecule has 1 heterocycles. The van der Waals surface area contributed by atoms with Crippen LogP contribution in [0.1, 0.15) is 37.8 Å². The molecule has 1 aromatic rings. The molecule has 2 atom stereocenters. The smallest absolute Gasteiger partial charge is 0.317 e. The van der Waals surface area contributed by atoms with Gasteiger partial charge in [0.15, 0.2) is 0 Å². The first-order chi connectivity index (χ1) is 13.0. The van der Waals surface area contributed by atoms with Gasteiger partial charge in [-0.2, -0.15) is 0 Å². The lowest BCUT2D eigenvalue weighted by Crippen LogP contribution is -2.57. The summed E-state index contributed by atoms with van der Waals surface area (Å²) in [6.07, 6.45) is 2.54. The summed E-state index contributed by atoms with van der Waals surface area (Å²) in [5, 5.41) is 15.2. The van der Waals surface area contributed by atoms with E-state index < -0.39 is 5.97 Å². The molecule has 7 nitrogen and oxygen atoms in total. The van der Waals surface area contributed by atoms with E-state index in [0.29, 0.717) is 6.54 Å². The van der Waals surface area contributed by atoms with Crippen LogP contribution in [0.25, 0.3) is 0 Å². The van der Waals surface area contributed by atoms with Crippen LogP contribution in [0.3, 0.4) is 0 Å². The minimum Gasteiger partial charge on any atom is -0.480 e. The second-order valence-corrected chi connectivity index (χ2v) is 7.63. The first-order valence-electron chi connectivity index (χ1n) is 9.76. The number of carbonyl (C=O) groups excluding carboxylic acids is 1. The van der Waals surface area contributed by atoms with Gasteiger partial charge in [-0.25, -0.2) is 4.79 Å². The highest BCUT2D eigenvalue weighted by atomic mass is 16.4. The van der Waals surface area contributed by atoms with Crippen molar-refractivity contribution in [3.8, 4) is 0 Å². The van der Waals surface area contributed by atoms with Crippen molar-refractivity contribution < 1.29 is 14.7 Å². The summed E-state index contributed by atoms with van der Waals surface area (Å²) in [5.41, 5.74) is 1.22. The second-order valence-electron chi connectivity index (χ2n) is 7.63. The lowest BCUT2D eigenvalue weighted by molar-refractivity contribution is -0.139. The molecule has 1 aliphatic heterocycles. The number of nitrogens with one attached hydrogen (secondary N) is 2. The molecule has 0 spiro atoms. The molecule has 1 aromatic carbocycles. The number of likely N-dealkylation sites (tertiary alicyclic amines) is 1. The van der Waals surface area contributed by atoms with Gasteiger partial charge < -0.3 is 15.7 Å². The fourth-order valence-corrected chi connectivity index (χ4v) is 4.31. The molecule has 0 bridgehead atoms. The van der Waals surface area contributed by atoms with Gasteiger partial charge in [0.25, 0.3) is 0 Å². The van der Waals surface area contributed by atoms with Crippen molar-refractivity contribution in [2.24, 2.45) is 0 Å². The van der Waals surface area contributed by atoms with E-state index in [2.05, 4.69) is 34.7 Å². The van der Waals surface area contributed by atoms with Crippen molar-refractivity contribution in [1.29, 1.82) is 0 Å². The lowest BCUT2D eigenvalue weighted by Gasteiger charge is -2.42. The van der Waals surface area contributed by atoms with E-state index in [9.17, 15) is 9.59 Å². The highest BCUT2D eigenvalue weighted by molar-refractivity contribution is 5.75. The summed E-state index contributed by atoms with van der Waals surface area (Å²) in [5.74, 6) is -0.802. The Balaban J connectivity index is 1.48. The molecular formula is C20H30N4O3. The van der Waals surface area contributed by atoms with Crippen LogP contribution in [0.15, 0.2) is 30.3 Å². The second kappa shape index (κ2) is 8.71. The molecule has 2 fully saturated rings. The average Bonchev–Trinajstić information content (AvgIpc) is 2.96. The van der Waals surface area contributed by atoms with Gasteiger partial charge in [-0.15, -0.1) is 0 Å². The number of likely N-dealkylation sites (N-methyl/N-ethyl adjacent to an activating group) is 2. The molecule has 1 aliphatic carbocycles. The Morgan fingerprint density at radius 2 is 1.93 bits per heavy atom. The van der Waals surface area contributed by atoms with E-state index in [0.717, 1.165) is 25.8 Å². The Hall–Kier alpha value is -2.12. The maximum atomic E-state index is 12.5. The molecule has 2 unspecified atom stereocenters. The first-order valence-corrected chi connectivity index (χ1v) is 9.76. The standard InChI is InChI=1S/C20H30N4O3/c1-3-24(13-18(25)26)16-11-15(12-16)21-20(27)22-17-9-10-23(2)19(17)14-7-5-4-6-8-14/h4-8,15-17,19H,3,9-13H2,1-2H3,(H,25,26)(H2,21,22,27). The van der Waals surface area contributed by atoms with Crippen LogP contribution < -0.4 is 10.6 Å². The predicted octanol–water partition coefficient (Wildman–Crippen LogP) is 1.67. The summed E-state index contributed by atoms with van der Waals surface area (Å²) < 4.78 is 0. The van der Waals surface area contributed by atoms with Crippen molar-refractivity contribution in [3.63, 3.8) is 0 Å². The molecule has 2 aliphatic rings. The fraction of sp³-hybridized carbons (Fsp3) is 0.600. The normalized spacial score (nSPS) is 28.0. The monoisotopic (exact) mass is 374 g/mol. The number of aliphatic carboxylic acids is 1. The Kier molecular flexibility index (Phi) is 6.34. The van der Waals surface area contributed by atoms with Gasteiger partial charge in [-0.1, -0.05) is 37.3 Å². The van der Waals surface area contributed by atoms with E-state index in [1.54, 1.807) is 0 Å². The van der Waals surface area contributed by atoms with E-state index in [4.69, 9.17) is 5.11 Å². The zero-order valence-electron chi connectivity index (χ0n) is 16.1. The quantitative estimate of drug-likeness (QED) is 0.676. The van der Waals surface area contributed by atoms with Gasteiger partial charge in [0.05, 0.1) is 18.6 Å². The SMILES string of the molecule is CCN(CC(=O)O)C1CC(NC(=O)NC2CCN(C)C2c2ccccc2)C1. The predicted molar refractivity (Wildman–Crippen MR) is 104 cm³/mol. The molecule has 0 aromatic heterocycles. The van der Waals surface area contributed by atoms with Crippen LogP contribution in [0.4, 0.5) is 4.79 Å². The zero-order valence-corrected chi connectivity index (χ0v) is 16.1. The van der Waals surface area contributed by atoms with Crippen molar-refractivity contribution in [2.45, 2.75) is 50.4 Å². The Bertz CT molecular complexity index is 648. The summed E-state index contributed by atoms with van der Waals surface area (Å²) in [6.45, 7) is 3.70. The van der Waals surface area contributed by atoms with E-state index in [1.165, 1.54) is 5.56 Å². The maximum Gasteiger partial charge on any atom is 0.317 e. The topological polar surface area (TPSA) is 84.9 Å². The van der Waals surface area contributed by atoms with Crippen molar-refractivity contribution in [1.82, 2.24) is 20.4 Å². The third-order valence-electron chi connectivity index (χ3n) is 5.82. The third-order valence-corrected chi connectivity index (χ3v) is 5.82. The number of hydrogen-bond donors (Lipinski definition) is 3. The molecule has 3 N–H and O–H groups in total.